The predicted octanol–water partition coefficient (Wildman–Crippen LogP) is 5.22. The van der Waals surface area contributed by atoms with Gasteiger partial charge in [-0.3, -0.25) is 4.79 Å². The average molecular weight is 461 g/mol. The van der Waals surface area contributed by atoms with E-state index in [1.807, 2.05) is 78.6 Å². The quantitative estimate of drug-likeness (QED) is 0.307. The molecule has 0 aliphatic carbocycles. The second-order valence-corrected chi connectivity index (χ2v) is 8.17. The van der Waals surface area contributed by atoms with Crippen molar-refractivity contribution < 1.29 is 19.0 Å². The van der Waals surface area contributed by atoms with Crippen LogP contribution in [0.15, 0.2) is 79.1 Å². The summed E-state index contributed by atoms with van der Waals surface area (Å²) in [6, 6.07) is 19.9. The van der Waals surface area contributed by atoms with Crippen molar-refractivity contribution in [3.05, 3.63) is 84.7 Å². The highest BCUT2D eigenvalue weighted by Crippen LogP contribution is 2.29. The van der Waals surface area contributed by atoms with E-state index in [4.69, 9.17) is 14.2 Å². The van der Waals surface area contributed by atoms with Crippen molar-refractivity contribution in [3.8, 4) is 17.2 Å². The fourth-order valence-electron chi connectivity index (χ4n) is 4.09. The molecule has 6 heteroatoms. The lowest BCUT2D eigenvalue weighted by molar-refractivity contribution is -0.127. The van der Waals surface area contributed by atoms with Crippen LogP contribution in [-0.4, -0.2) is 48.3 Å². The largest absolute Gasteiger partial charge is 0.490 e. The van der Waals surface area contributed by atoms with E-state index in [0.29, 0.717) is 37.4 Å². The number of rotatable bonds is 10. The molecule has 1 aliphatic rings. The number of carbonyl (C=O) groups is 1. The van der Waals surface area contributed by atoms with E-state index in [-0.39, 0.29) is 5.91 Å². The second kappa shape index (κ2) is 12.0. The molecule has 0 bridgehead atoms. The molecule has 2 aromatic carbocycles. The zero-order chi connectivity index (χ0) is 23.6. The summed E-state index contributed by atoms with van der Waals surface area (Å²) >= 11 is 0. The Morgan fingerprint density at radius 1 is 0.912 bits per heavy atom. The molecule has 1 aromatic heterocycles. The third kappa shape index (κ3) is 6.44. The Labute approximate surface area is 201 Å². The first-order valence-corrected chi connectivity index (χ1v) is 11.9. The molecular weight excluding hydrogens is 428 g/mol. The lowest BCUT2D eigenvalue weighted by atomic mass is 10.0. The van der Waals surface area contributed by atoms with Crippen LogP contribution in [0.2, 0.25) is 0 Å². The molecule has 3 aromatic rings. The maximum Gasteiger partial charge on any atom is 0.246 e. The van der Waals surface area contributed by atoms with Crippen molar-refractivity contribution in [2.45, 2.75) is 25.8 Å². The van der Waals surface area contributed by atoms with Gasteiger partial charge in [0.25, 0.3) is 0 Å². The lowest BCUT2D eigenvalue weighted by Gasteiger charge is -2.32. The zero-order valence-corrected chi connectivity index (χ0v) is 19.6. The highest BCUT2D eigenvalue weighted by atomic mass is 16.5. The molecule has 6 nitrogen and oxygen atoms in total. The Morgan fingerprint density at radius 3 is 2.38 bits per heavy atom. The number of para-hydroxylation sites is 1. The van der Waals surface area contributed by atoms with Crippen LogP contribution in [0.4, 0.5) is 0 Å². The van der Waals surface area contributed by atoms with Crippen molar-refractivity contribution >= 4 is 12.0 Å². The molecule has 0 atom stereocenters. The summed E-state index contributed by atoms with van der Waals surface area (Å²) in [5.74, 6) is 2.18. The monoisotopic (exact) mass is 460 g/mol. The van der Waals surface area contributed by atoms with E-state index in [1.165, 1.54) is 0 Å². The van der Waals surface area contributed by atoms with E-state index in [1.54, 1.807) is 6.08 Å². The molecule has 0 N–H and O–H groups in total. The van der Waals surface area contributed by atoms with Crippen LogP contribution in [0.1, 0.15) is 31.4 Å². The highest BCUT2D eigenvalue weighted by Gasteiger charge is 2.22. The number of aromatic nitrogens is 1. The summed E-state index contributed by atoms with van der Waals surface area (Å²) in [6.07, 6.45) is 9.63. The summed E-state index contributed by atoms with van der Waals surface area (Å²) < 4.78 is 19.6. The van der Waals surface area contributed by atoms with E-state index in [0.717, 1.165) is 37.2 Å². The minimum atomic E-state index is 0.0438. The number of piperidine rings is 1. The molecule has 1 fully saturated rings. The van der Waals surface area contributed by atoms with E-state index < -0.39 is 0 Å². The van der Waals surface area contributed by atoms with Crippen LogP contribution in [0, 0.1) is 0 Å². The number of benzene rings is 2. The Hall–Kier alpha value is -3.67. The molecule has 178 valence electrons. The average Bonchev–Trinajstić information content (AvgIpc) is 3.42. The van der Waals surface area contributed by atoms with Gasteiger partial charge in [-0.25, -0.2) is 0 Å². The number of amides is 1. The number of ether oxygens (including phenoxy) is 3. The molecule has 0 radical (unpaired) electrons. The van der Waals surface area contributed by atoms with Gasteiger partial charge in [-0.05, 0) is 67.8 Å². The van der Waals surface area contributed by atoms with E-state index >= 15 is 0 Å². The highest BCUT2D eigenvalue weighted by molar-refractivity contribution is 5.92. The minimum absolute atomic E-state index is 0.0438. The predicted molar refractivity (Wildman–Crippen MR) is 133 cm³/mol. The molecular formula is C28H32N2O4. The molecule has 0 spiro atoms. The Balaban J connectivity index is 1.29. The third-order valence-corrected chi connectivity index (χ3v) is 5.86. The number of hydrogen-bond acceptors (Lipinski definition) is 4. The van der Waals surface area contributed by atoms with Gasteiger partial charge in [0.1, 0.15) is 19.0 Å². The SMILES string of the molecule is CCOc1cc(/C=C/C(=O)N2CCC(n3cccc3)CC2)ccc1OCCOc1ccccc1. The molecule has 0 saturated carbocycles. The first-order valence-electron chi connectivity index (χ1n) is 11.9. The first-order chi connectivity index (χ1) is 16.7. The molecule has 1 amide bonds. The maximum atomic E-state index is 12.7. The summed E-state index contributed by atoms with van der Waals surface area (Å²) in [5.41, 5.74) is 0.895. The topological polar surface area (TPSA) is 52.9 Å². The van der Waals surface area contributed by atoms with Crippen LogP contribution < -0.4 is 14.2 Å². The van der Waals surface area contributed by atoms with Gasteiger partial charge in [0, 0.05) is 37.6 Å². The van der Waals surface area contributed by atoms with Gasteiger partial charge in [-0.2, -0.15) is 0 Å². The van der Waals surface area contributed by atoms with Crippen molar-refractivity contribution in [2.75, 3.05) is 32.9 Å². The second-order valence-electron chi connectivity index (χ2n) is 8.17. The lowest BCUT2D eigenvalue weighted by Crippen LogP contribution is -2.37. The van der Waals surface area contributed by atoms with Gasteiger partial charge in [-0.15, -0.1) is 0 Å². The smallest absolute Gasteiger partial charge is 0.246 e. The van der Waals surface area contributed by atoms with Gasteiger partial charge in [0.2, 0.25) is 5.91 Å². The van der Waals surface area contributed by atoms with Crippen molar-refractivity contribution in [1.29, 1.82) is 0 Å². The Bertz CT molecular complexity index is 1060. The fraction of sp³-hybridized carbons (Fsp3) is 0.321. The summed E-state index contributed by atoms with van der Waals surface area (Å²) in [6.45, 7) is 4.85. The number of carbonyl (C=O) groups excluding carboxylic acids is 1. The number of nitrogens with zero attached hydrogens (tertiary/aromatic N) is 2. The summed E-state index contributed by atoms with van der Waals surface area (Å²) in [7, 11) is 0. The molecule has 34 heavy (non-hydrogen) atoms. The normalized spacial score (nSPS) is 14.3. The van der Waals surface area contributed by atoms with Crippen LogP contribution >= 0.6 is 0 Å². The van der Waals surface area contributed by atoms with Crippen LogP contribution in [0.25, 0.3) is 6.08 Å². The van der Waals surface area contributed by atoms with E-state index in [9.17, 15) is 4.79 Å². The molecule has 2 heterocycles. The van der Waals surface area contributed by atoms with Gasteiger partial charge >= 0.3 is 0 Å². The number of hydrogen-bond donors (Lipinski definition) is 0. The fourth-order valence-corrected chi connectivity index (χ4v) is 4.09. The van der Waals surface area contributed by atoms with Gasteiger partial charge in [0.05, 0.1) is 6.61 Å². The molecule has 1 saturated heterocycles. The summed E-state index contributed by atoms with van der Waals surface area (Å²) in [5, 5.41) is 0. The Kier molecular flexibility index (Phi) is 8.27. The molecule has 4 rings (SSSR count). The van der Waals surface area contributed by atoms with Crippen LogP contribution in [0.3, 0.4) is 0 Å². The van der Waals surface area contributed by atoms with Gasteiger partial charge in [0.15, 0.2) is 11.5 Å². The van der Waals surface area contributed by atoms with Gasteiger partial charge in [-0.1, -0.05) is 24.3 Å². The van der Waals surface area contributed by atoms with E-state index in [2.05, 4.69) is 17.0 Å². The molecule has 1 aliphatic heterocycles. The first kappa shape index (κ1) is 23.5. The molecule has 0 unspecified atom stereocenters. The number of likely N-dealkylation sites (tertiary alicyclic amines) is 1. The zero-order valence-electron chi connectivity index (χ0n) is 19.6. The third-order valence-electron chi connectivity index (χ3n) is 5.86. The van der Waals surface area contributed by atoms with Crippen LogP contribution in [0.5, 0.6) is 17.2 Å². The van der Waals surface area contributed by atoms with Crippen LogP contribution in [-0.2, 0) is 4.79 Å². The standard InChI is InChI=1S/C28H32N2O4/c1-2-32-27-22-23(10-12-26(27)34-21-20-33-25-8-4-3-5-9-25)11-13-28(31)30-18-14-24(15-19-30)29-16-6-7-17-29/h3-13,16-17,22,24H,2,14-15,18-21H2,1H3/b13-11+. The van der Waals surface area contributed by atoms with Gasteiger partial charge < -0.3 is 23.7 Å². The van der Waals surface area contributed by atoms with Crippen molar-refractivity contribution in [3.63, 3.8) is 0 Å². The van der Waals surface area contributed by atoms with Crippen molar-refractivity contribution in [1.82, 2.24) is 9.47 Å². The van der Waals surface area contributed by atoms with Crippen molar-refractivity contribution in [2.24, 2.45) is 0 Å². The summed E-state index contributed by atoms with van der Waals surface area (Å²) in [4.78, 5) is 14.6. The maximum absolute atomic E-state index is 12.7. The minimum Gasteiger partial charge on any atom is -0.490 e. The Morgan fingerprint density at radius 2 is 1.65 bits per heavy atom.